The standard InChI is InChI=1S/C23H39N5/c1-19-10-4-5-12-21(19)28-17-9-6-11-20(18-28)25-23-24-14-13-22(26-23)27-15-7-2-3-8-16-27/h13-14,19-21H,2-12,15-18H2,1H3,(H,24,25,26). The van der Waals surface area contributed by atoms with Crippen LogP contribution in [-0.4, -0.2) is 53.1 Å². The first kappa shape index (κ1) is 19.9. The number of likely N-dealkylation sites (tertiary alicyclic amines) is 1. The molecular weight excluding hydrogens is 346 g/mol. The summed E-state index contributed by atoms with van der Waals surface area (Å²) < 4.78 is 0. The fourth-order valence-corrected chi connectivity index (χ4v) is 5.51. The molecule has 1 aliphatic carbocycles. The monoisotopic (exact) mass is 385 g/mol. The summed E-state index contributed by atoms with van der Waals surface area (Å²) in [7, 11) is 0. The number of anilines is 2. The topological polar surface area (TPSA) is 44.3 Å². The number of aromatic nitrogens is 2. The number of nitrogens with one attached hydrogen (secondary N) is 1. The van der Waals surface area contributed by atoms with Crippen LogP contribution in [0.5, 0.6) is 0 Å². The summed E-state index contributed by atoms with van der Waals surface area (Å²) in [6.45, 7) is 7.14. The largest absolute Gasteiger partial charge is 0.356 e. The van der Waals surface area contributed by atoms with Gasteiger partial charge in [-0.05, 0) is 57.1 Å². The lowest BCUT2D eigenvalue weighted by molar-refractivity contribution is 0.113. The van der Waals surface area contributed by atoms with Crippen molar-refractivity contribution in [3.05, 3.63) is 12.3 Å². The third-order valence-corrected chi connectivity index (χ3v) is 7.14. The lowest BCUT2D eigenvalue weighted by Gasteiger charge is -2.39. The van der Waals surface area contributed by atoms with Crippen molar-refractivity contribution in [1.82, 2.24) is 14.9 Å². The van der Waals surface area contributed by atoms with Crippen LogP contribution in [0.2, 0.25) is 0 Å². The third-order valence-electron chi connectivity index (χ3n) is 7.14. The van der Waals surface area contributed by atoms with Crippen molar-refractivity contribution >= 4 is 11.8 Å². The Hall–Kier alpha value is -1.36. The van der Waals surface area contributed by atoms with E-state index in [1.54, 1.807) is 0 Å². The van der Waals surface area contributed by atoms with E-state index in [4.69, 9.17) is 4.98 Å². The van der Waals surface area contributed by atoms with Gasteiger partial charge in [0, 0.05) is 37.9 Å². The first-order valence-corrected chi connectivity index (χ1v) is 11.9. The van der Waals surface area contributed by atoms with Crippen LogP contribution in [0.3, 0.4) is 0 Å². The molecule has 1 saturated carbocycles. The van der Waals surface area contributed by atoms with Crippen molar-refractivity contribution in [3.8, 4) is 0 Å². The Labute approximate surface area is 171 Å². The van der Waals surface area contributed by atoms with E-state index in [0.29, 0.717) is 6.04 Å². The highest BCUT2D eigenvalue weighted by Crippen LogP contribution is 2.30. The van der Waals surface area contributed by atoms with E-state index in [1.807, 2.05) is 6.20 Å². The quantitative estimate of drug-likeness (QED) is 0.814. The van der Waals surface area contributed by atoms with E-state index in [1.165, 1.54) is 77.2 Å². The van der Waals surface area contributed by atoms with Gasteiger partial charge in [0.2, 0.25) is 5.95 Å². The van der Waals surface area contributed by atoms with Gasteiger partial charge in [-0.3, -0.25) is 4.90 Å². The summed E-state index contributed by atoms with van der Waals surface area (Å²) in [6.07, 6.45) is 16.7. The maximum Gasteiger partial charge on any atom is 0.224 e. The molecule has 2 saturated heterocycles. The van der Waals surface area contributed by atoms with Crippen LogP contribution in [-0.2, 0) is 0 Å². The lowest BCUT2D eigenvalue weighted by atomic mass is 9.84. The van der Waals surface area contributed by atoms with Crippen molar-refractivity contribution in [3.63, 3.8) is 0 Å². The van der Waals surface area contributed by atoms with E-state index in [2.05, 4.69) is 33.1 Å². The highest BCUT2D eigenvalue weighted by Gasteiger charge is 2.30. The highest BCUT2D eigenvalue weighted by atomic mass is 15.2. The van der Waals surface area contributed by atoms with E-state index in [0.717, 1.165) is 43.4 Å². The maximum absolute atomic E-state index is 4.90. The average molecular weight is 386 g/mol. The summed E-state index contributed by atoms with van der Waals surface area (Å²) >= 11 is 0. The van der Waals surface area contributed by atoms with Gasteiger partial charge in [0.05, 0.1) is 0 Å². The molecule has 28 heavy (non-hydrogen) atoms. The van der Waals surface area contributed by atoms with E-state index in [9.17, 15) is 0 Å². The minimum atomic E-state index is 0.469. The number of rotatable bonds is 4. The number of hydrogen-bond donors (Lipinski definition) is 1. The summed E-state index contributed by atoms with van der Waals surface area (Å²) in [4.78, 5) is 14.7. The molecule has 5 nitrogen and oxygen atoms in total. The zero-order valence-corrected chi connectivity index (χ0v) is 17.8. The molecule has 5 heteroatoms. The first-order chi connectivity index (χ1) is 13.8. The zero-order chi connectivity index (χ0) is 19.2. The van der Waals surface area contributed by atoms with Crippen LogP contribution < -0.4 is 10.2 Å². The molecule has 0 aromatic carbocycles. The van der Waals surface area contributed by atoms with Crippen molar-refractivity contribution in [2.75, 3.05) is 36.4 Å². The summed E-state index contributed by atoms with van der Waals surface area (Å²) in [5.41, 5.74) is 0. The summed E-state index contributed by atoms with van der Waals surface area (Å²) in [6, 6.07) is 3.33. The molecule has 0 spiro atoms. The molecule has 0 amide bonds. The molecule has 3 fully saturated rings. The molecule has 3 aliphatic rings. The molecule has 3 atom stereocenters. The molecule has 3 unspecified atom stereocenters. The fourth-order valence-electron chi connectivity index (χ4n) is 5.51. The molecule has 0 radical (unpaired) electrons. The predicted octanol–water partition coefficient (Wildman–Crippen LogP) is 4.70. The van der Waals surface area contributed by atoms with Gasteiger partial charge in [0.15, 0.2) is 0 Å². The molecule has 0 bridgehead atoms. The second-order valence-electron chi connectivity index (χ2n) is 9.30. The zero-order valence-electron chi connectivity index (χ0n) is 17.8. The van der Waals surface area contributed by atoms with Crippen molar-refractivity contribution in [2.24, 2.45) is 5.92 Å². The molecule has 1 aromatic heterocycles. The minimum absolute atomic E-state index is 0.469. The molecular formula is C23H39N5. The van der Waals surface area contributed by atoms with Crippen LogP contribution in [0, 0.1) is 5.92 Å². The van der Waals surface area contributed by atoms with E-state index >= 15 is 0 Å². The van der Waals surface area contributed by atoms with Gasteiger partial charge in [-0.25, -0.2) is 4.98 Å². The van der Waals surface area contributed by atoms with Gasteiger partial charge in [-0.15, -0.1) is 0 Å². The Morgan fingerprint density at radius 2 is 1.64 bits per heavy atom. The Morgan fingerprint density at radius 1 is 0.893 bits per heavy atom. The van der Waals surface area contributed by atoms with Crippen molar-refractivity contribution < 1.29 is 0 Å². The third kappa shape index (κ3) is 5.16. The van der Waals surface area contributed by atoms with E-state index in [-0.39, 0.29) is 0 Å². The van der Waals surface area contributed by atoms with Gasteiger partial charge in [-0.2, -0.15) is 4.98 Å². The molecule has 2 aliphatic heterocycles. The van der Waals surface area contributed by atoms with Gasteiger partial charge in [0.25, 0.3) is 0 Å². The highest BCUT2D eigenvalue weighted by molar-refractivity contribution is 5.43. The normalized spacial score (nSPS) is 30.5. The Kier molecular flexibility index (Phi) is 7.05. The number of hydrogen-bond acceptors (Lipinski definition) is 5. The van der Waals surface area contributed by atoms with Crippen LogP contribution in [0.1, 0.15) is 77.6 Å². The van der Waals surface area contributed by atoms with Crippen molar-refractivity contribution in [1.29, 1.82) is 0 Å². The van der Waals surface area contributed by atoms with Crippen molar-refractivity contribution in [2.45, 2.75) is 89.6 Å². The van der Waals surface area contributed by atoms with Crippen LogP contribution >= 0.6 is 0 Å². The Morgan fingerprint density at radius 3 is 2.46 bits per heavy atom. The Balaban J connectivity index is 1.40. The van der Waals surface area contributed by atoms with Gasteiger partial charge in [-0.1, -0.05) is 39.0 Å². The maximum atomic E-state index is 4.90. The molecule has 4 rings (SSSR count). The first-order valence-electron chi connectivity index (χ1n) is 11.9. The smallest absolute Gasteiger partial charge is 0.224 e. The second-order valence-corrected chi connectivity index (χ2v) is 9.30. The van der Waals surface area contributed by atoms with Gasteiger partial charge in [0.1, 0.15) is 5.82 Å². The number of nitrogens with zero attached hydrogens (tertiary/aromatic N) is 4. The van der Waals surface area contributed by atoms with Gasteiger partial charge >= 0.3 is 0 Å². The molecule has 1 aromatic rings. The lowest BCUT2D eigenvalue weighted by Crippen LogP contribution is -2.46. The summed E-state index contributed by atoms with van der Waals surface area (Å²) in [5, 5.41) is 3.71. The second kappa shape index (κ2) is 9.91. The summed E-state index contributed by atoms with van der Waals surface area (Å²) in [5.74, 6) is 2.77. The minimum Gasteiger partial charge on any atom is -0.356 e. The Bertz CT molecular complexity index is 598. The average Bonchev–Trinajstić information content (AvgIpc) is 3.12. The predicted molar refractivity (Wildman–Crippen MR) is 117 cm³/mol. The molecule has 1 N–H and O–H groups in total. The van der Waals surface area contributed by atoms with Gasteiger partial charge < -0.3 is 10.2 Å². The van der Waals surface area contributed by atoms with Crippen LogP contribution in [0.4, 0.5) is 11.8 Å². The van der Waals surface area contributed by atoms with Crippen LogP contribution in [0.25, 0.3) is 0 Å². The fraction of sp³-hybridized carbons (Fsp3) is 0.826. The van der Waals surface area contributed by atoms with Crippen LogP contribution in [0.15, 0.2) is 12.3 Å². The SMILES string of the molecule is CC1CCCCC1N1CCCCC(Nc2nccc(N3CCCCCC3)n2)C1. The molecule has 3 heterocycles. The molecule has 156 valence electrons. The van der Waals surface area contributed by atoms with E-state index < -0.39 is 0 Å².